The molecule has 0 aliphatic carbocycles. The van der Waals surface area contributed by atoms with Crippen LogP contribution in [0, 0.1) is 0 Å². The van der Waals surface area contributed by atoms with Crippen LogP contribution >= 0.6 is 0 Å². The van der Waals surface area contributed by atoms with Crippen LogP contribution in [0.4, 0.5) is 0 Å². The predicted molar refractivity (Wildman–Crippen MR) is 82.7 cm³/mol. The summed E-state index contributed by atoms with van der Waals surface area (Å²) in [5.74, 6) is 0.917. The second-order valence-electron chi connectivity index (χ2n) is 5.72. The number of rotatable bonds is 5. The van der Waals surface area contributed by atoms with Crippen molar-refractivity contribution in [1.29, 1.82) is 0 Å². The maximum Gasteiger partial charge on any atom is 0.200 e. The van der Waals surface area contributed by atoms with Crippen LogP contribution in [0.25, 0.3) is 0 Å². The molecular weight excluding hydrogens is 268 g/mol. The molecule has 1 aromatic rings. The van der Waals surface area contributed by atoms with Gasteiger partial charge >= 0.3 is 0 Å². The molecule has 1 heterocycles. The number of hydrazine groups is 1. The van der Waals surface area contributed by atoms with Crippen molar-refractivity contribution in [3.63, 3.8) is 0 Å². The van der Waals surface area contributed by atoms with Crippen molar-refractivity contribution in [3.8, 4) is 17.2 Å². The third-order valence-electron chi connectivity index (χ3n) is 4.20. The molecule has 0 amide bonds. The largest absolute Gasteiger partial charge is 0.502 e. The van der Waals surface area contributed by atoms with E-state index in [-0.39, 0.29) is 5.75 Å². The summed E-state index contributed by atoms with van der Waals surface area (Å²) in [5, 5.41) is 12.3. The zero-order chi connectivity index (χ0) is 15.4. The van der Waals surface area contributed by atoms with Crippen molar-refractivity contribution in [3.05, 3.63) is 17.7 Å². The van der Waals surface area contributed by atoms with Gasteiger partial charge in [0, 0.05) is 18.6 Å². The van der Waals surface area contributed by atoms with Gasteiger partial charge < -0.3 is 14.6 Å². The Labute approximate surface area is 126 Å². The minimum absolute atomic E-state index is 0.0449. The highest BCUT2D eigenvalue weighted by atomic mass is 16.5. The zero-order valence-corrected chi connectivity index (χ0v) is 13.3. The lowest BCUT2D eigenvalue weighted by Gasteiger charge is -2.39. The molecule has 2 atom stereocenters. The first kappa shape index (κ1) is 15.9. The van der Waals surface area contributed by atoms with Crippen LogP contribution in [0.5, 0.6) is 17.2 Å². The Hall–Kier alpha value is -1.46. The highest BCUT2D eigenvalue weighted by Crippen LogP contribution is 2.37. The fraction of sp³-hybridized carbons (Fsp3) is 0.625. The summed E-state index contributed by atoms with van der Waals surface area (Å²) in [6.45, 7) is 5.18. The van der Waals surface area contributed by atoms with Gasteiger partial charge in [0.1, 0.15) is 0 Å². The van der Waals surface area contributed by atoms with E-state index in [9.17, 15) is 5.11 Å². The van der Waals surface area contributed by atoms with Crippen LogP contribution in [0.1, 0.15) is 38.7 Å². The quantitative estimate of drug-likeness (QED) is 0.874. The van der Waals surface area contributed by atoms with E-state index < -0.39 is 0 Å². The van der Waals surface area contributed by atoms with E-state index in [1.165, 1.54) is 19.3 Å². The molecular formula is C16H26N2O3. The zero-order valence-electron chi connectivity index (χ0n) is 13.3. The molecule has 2 rings (SSSR count). The Morgan fingerprint density at radius 2 is 1.67 bits per heavy atom. The van der Waals surface area contributed by atoms with Crippen molar-refractivity contribution in [2.75, 3.05) is 14.2 Å². The van der Waals surface area contributed by atoms with E-state index in [0.717, 1.165) is 5.56 Å². The van der Waals surface area contributed by atoms with Crippen LogP contribution in [-0.4, -0.2) is 36.4 Å². The van der Waals surface area contributed by atoms with Gasteiger partial charge in [-0.15, -0.1) is 0 Å². The highest BCUT2D eigenvalue weighted by Gasteiger charge is 2.24. The molecule has 1 aliphatic rings. The van der Waals surface area contributed by atoms with Gasteiger partial charge in [-0.2, -0.15) is 0 Å². The van der Waals surface area contributed by atoms with Gasteiger partial charge in [-0.3, -0.25) is 5.43 Å². The van der Waals surface area contributed by atoms with Crippen molar-refractivity contribution in [2.24, 2.45) is 0 Å². The van der Waals surface area contributed by atoms with E-state index in [0.29, 0.717) is 30.1 Å². The number of phenolic OH excluding ortho intramolecular Hbond substituents is 1. The number of hydrogen-bond donors (Lipinski definition) is 2. The van der Waals surface area contributed by atoms with E-state index in [1.807, 2.05) is 12.1 Å². The summed E-state index contributed by atoms with van der Waals surface area (Å²) < 4.78 is 10.4. The molecule has 0 saturated carbocycles. The van der Waals surface area contributed by atoms with E-state index in [2.05, 4.69) is 24.3 Å². The molecule has 118 valence electrons. The van der Waals surface area contributed by atoms with Crippen molar-refractivity contribution in [2.45, 2.75) is 51.7 Å². The first-order valence-electron chi connectivity index (χ1n) is 7.52. The number of benzene rings is 1. The summed E-state index contributed by atoms with van der Waals surface area (Å²) in [5.41, 5.74) is 4.52. The molecule has 1 aliphatic heterocycles. The summed E-state index contributed by atoms with van der Waals surface area (Å²) in [6, 6.07) is 4.75. The number of aromatic hydroxyl groups is 1. The maximum atomic E-state index is 9.93. The number of ether oxygens (including phenoxy) is 2. The van der Waals surface area contributed by atoms with Gasteiger partial charge in [0.25, 0.3) is 0 Å². The number of hydrogen-bond acceptors (Lipinski definition) is 5. The van der Waals surface area contributed by atoms with Gasteiger partial charge in [0.15, 0.2) is 11.5 Å². The van der Waals surface area contributed by atoms with Crippen molar-refractivity contribution < 1.29 is 14.6 Å². The Morgan fingerprint density at radius 3 is 2.14 bits per heavy atom. The van der Waals surface area contributed by atoms with Crippen molar-refractivity contribution >= 4 is 0 Å². The average Bonchev–Trinajstić information content (AvgIpc) is 2.48. The topological polar surface area (TPSA) is 54.0 Å². The standard InChI is InChI=1S/C16H26N2O3/c1-11-6-5-7-12(2)18(11)17-10-13-8-14(20-3)16(19)15(9-13)21-4/h8-9,11-12,17,19H,5-7,10H2,1-4H3. The van der Waals surface area contributed by atoms with Gasteiger partial charge in [0.2, 0.25) is 5.75 Å². The lowest BCUT2D eigenvalue weighted by molar-refractivity contribution is 0.0435. The van der Waals surface area contributed by atoms with Gasteiger partial charge in [-0.1, -0.05) is 6.42 Å². The minimum atomic E-state index is 0.0449. The smallest absolute Gasteiger partial charge is 0.200 e. The monoisotopic (exact) mass is 294 g/mol. The van der Waals surface area contributed by atoms with E-state index in [4.69, 9.17) is 9.47 Å². The van der Waals surface area contributed by atoms with Crippen LogP contribution in [0.15, 0.2) is 12.1 Å². The fourth-order valence-electron chi connectivity index (χ4n) is 2.97. The SMILES string of the molecule is COc1cc(CNN2C(C)CCCC2C)cc(OC)c1O. The summed E-state index contributed by atoms with van der Waals surface area (Å²) in [7, 11) is 3.08. The maximum absolute atomic E-state index is 9.93. The Kier molecular flexibility index (Phi) is 5.31. The van der Waals surface area contributed by atoms with Crippen LogP contribution < -0.4 is 14.9 Å². The van der Waals surface area contributed by atoms with Gasteiger partial charge in [0.05, 0.1) is 14.2 Å². The van der Waals surface area contributed by atoms with Crippen LogP contribution in [0.2, 0.25) is 0 Å². The van der Waals surface area contributed by atoms with Crippen LogP contribution in [-0.2, 0) is 6.54 Å². The first-order chi connectivity index (χ1) is 10.1. The molecule has 0 bridgehead atoms. The first-order valence-corrected chi connectivity index (χ1v) is 7.52. The second kappa shape index (κ2) is 7.00. The Bertz CT molecular complexity index is 444. The Balaban J connectivity index is 2.09. The number of piperidine rings is 1. The third kappa shape index (κ3) is 3.60. The summed E-state index contributed by atoms with van der Waals surface area (Å²) in [4.78, 5) is 0. The molecule has 2 N–H and O–H groups in total. The van der Waals surface area contributed by atoms with E-state index >= 15 is 0 Å². The Morgan fingerprint density at radius 1 is 1.14 bits per heavy atom. The molecule has 21 heavy (non-hydrogen) atoms. The molecule has 2 unspecified atom stereocenters. The highest BCUT2D eigenvalue weighted by molar-refractivity contribution is 5.52. The van der Waals surface area contributed by atoms with Crippen molar-refractivity contribution in [1.82, 2.24) is 10.4 Å². The lowest BCUT2D eigenvalue weighted by Crippen LogP contribution is -2.51. The van der Waals surface area contributed by atoms with E-state index in [1.54, 1.807) is 14.2 Å². The van der Waals surface area contributed by atoms with Gasteiger partial charge in [-0.25, -0.2) is 5.01 Å². The molecule has 5 nitrogen and oxygen atoms in total. The second-order valence-corrected chi connectivity index (χ2v) is 5.72. The lowest BCUT2D eigenvalue weighted by atomic mass is 10.00. The fourth-order valence-corrected chi connectivity index (χ4v) is 2.97. The number of methoxy groups -OCH3 is 2. The number of nitrogens with one attached hydrogen (secondary N) is 1. The molecule has 1 aromatic carbocycles. The van der Waals surface area contributed by atoms with Crippen LogP contribution in [0.3, 0.4) is 0 Å². The molecule has 0 radical (unpaired) electrons. The van der Waals surface area contributed by atoms with Gasteiger partial charge in [-0.05, 0) is 44.4 Å². The average molecular weight is 294 g/mol. The third-order valence-corrected chi connectivity index (χ3v) is 4.20. The summed E-state index contributed by atoms with van der Waals surface area (Å²) in [6.07, 6.45) is 3.74. The predicted octanol–water partition coefficient (Wildman–Crippen LogP) is 2.68. The molecule has 5 heteroatoms. The number of nitrogens with zero attached hydrogens (tertiary/aromatic N) is 1. The normalized spacial score (nSPS) is 23.0. The minimum Gasteiger partial charge on any atom is -0.502 e. The molecule has 0 spiro atoms. The molecule has 0 aromatic heterocycles. The molecule has 1 fully saturated rings. The summed E-state index contributed by atoms with van der Waals surface area (Å²) >= 11 is 0. The molecule has 1 saturated heterocycles. The number of phenols is 1.